The Kier molecular flexibility index (Phi) is 7.39. The average molecular weight is 371 g/mol. The van der Waals surface area contributed by atoms with E-state index in [4.69, 9.17) is 0 Å². The van der Waals surface area contributed by atoms with Gasteiger partial charge in [0.05, 0.1) is 11.8 Å². The van der Waals surface area contributed by atoms with E-state index in [0.717, 1.165) is 17.1 Å². The molecule has 1 aromatic rings. The highest BCUT2D eigenvalue weighted by Crippen LogP contribution is 2.13. The van der Waals surface area contributed by atoms with Gasteiger partial charge in [-0.3, -0.25) is 4.99 Å². The van der Waals surface area contributed by atoms with Crippen molar-refractivity contribution in [1.82, 2.24) is 14.9 Å². The maximum atomic E-state index is 12.3. The van der Waals surface area contributed by atoms with Crippen LogP contribution in [0.3, 0.4) is 0 Å². The summed E-state index contributed by atoms with van der Waals surface area (Å²) < 4.78 is 26.2. The van der Waals surface area contributed by atoms with Gasteiger partial charge in [-0.05, 0) is 12.5 Å². The third kappa shape index (κ3) is 5.68. The number of aliphatic imine (C=N–C) groups is 1. The topological polar surface area (TPSA) is 73.8 Å². The lowest BCUT2D eigenvalue weighted by Crippen LogP contribution is -2.44. The van der Waals surface area contributed by atoms with Crippen molar-refractivity contribution in [2.45, 2.75) is 13.0 Å². The second-order valence-corrected chi connectivity index (χ2v) is 8.92. The van der Waals surface area contributed by atoms with Crippen molar-refractivity contribution in [2.75, 3.05) is 43.9 Å². The third-order valence-corrected chi connectivity index (χ3v) is 6.71. The number of hydrogen-bond donors (Lipinski definition) is 2. The van der Waals surface area contributed by atoms with Crippen LogP contribution in [0.4, 0.5) is 0 Å². The van der Waals surface area contributed by atoms with Gasteiger partial charge in [0.15, 0.2) is 5.96 Å². The Bertz CT molecular complexity index is 629. The van der Waals surface area contributed by atoms with Crippen LogP contribution in [-0.4, -0.2) is 62.6 Å². The summed E-state index contributed by atoms with van der Waals surface area (Å²) in [4.78, 5) is 4.17. The first kappa shape index (κ1) is 19.1. The standard InChI is InChI=1S/C16H26N4O2S2/c1-14(15-6-4-3-5-7-15)19-16(17-2)18-8-13-24(21,22)20-9-11-23-12-10-20/h3-7,14H,8-13H2,1-2H3,(H2,17,18,19). The van der Waals surface area contributed by atoms with Gasteiger partial charge in [0.25, 0.3) is 0 Å². The maximum Gasteiger partial charge on any atom is 0.215 e. The van der Waals surface area contributed by atoms with Crippen molar-refractivity contribution in [1.29, 1.82) is 0 Å². The van der Waals surface area contributed by atoms with E-state index in [1.807, 2.05) is 37.3 Å². The Balaban J connectivity index is 1.81. The maximum absolute atomic E-state index is 12.3. The predicted octanol–water partition coefficient (Wildman–Crippen LogP) is 1.29. The Morgan fingerprint density at radius 2 is 1.96 bits per heavy atom. The number of thioether (sulfide) groups is 1. The molecule has 24 heavy (non-hydrogen) atoms. The molecule has 8 heteroatoms. The van der Waals surface area contributed by atoms with Crippen LogP contribution in [0.5, 0.6) is 0 Å². The summed E-state index contributed by atoms with van der Waals surface area (Å²) in [5.74, 6) is 2.45. The van der Waals surface area contributed by atoms with E-state index in [-0.39, 0.29) is 11.8 Å². The quantitative estimate of drug-likeness (QED) is 0.583. The predicted molar refractivity (Wildman–Crippen MR) is 102 cm³/mol. The Morgan fingerprint density at radius 1 is 1.29 bits per heavy atom. The van der Waals surface area contributed by atoms with E-state index < -0.39 is 10.0 Å². The third-order valence-electron chi connectivity index (χ3n) is 3.89. The molecule has 1 aliphatic rings. The summed E-state index contributed by atoms with van der Waals surface area (Å²) in [6.07, 6.45) is 0. The molecule has 0 aromatic heterocycles. The highest BCUT2D eigenvalue weighted by molar-refractivity contribution is 7.99. The molecule has 1 aromatic carbocycles. The summed E-state index contributed by atoms with van der Waals surface area (Å²) in [6, 6.07) is 10.1. The summed E-state index contributed by atoms with van der Waals surface area (Å²) >= 11 is 1.80. The van der Waals surface area contributed by atoms with E-state index in [9.17, 15) is 8.42 Å². The van der Waals surface area contributed by atoms with Gasteiger partial charge in [-0.1, -0.05) is 30.3 Å². The zero-order chi connectivity index (χ0) is 17.4. The number of hydrogen-bond acceptors (Lipinski definition) is 4. The summed E-state index contributed by atoms with van der Waals surface area (Å²) in [5, 5.41) is 6.37. The number of guanidine groups is 1. The molecular formula is C16H26N4O2S2. The molecule has 1 atom stereocenters. The molecule has 1 fully saturated rings. The van der Waals surface area contributed by atoms with Crippen LogP contribution in [0, 0.1) is 0 Å². The second-order valence-electron chi connectivity index (χ2n) is 5.60. The zero-order valence-electron chi connectivity index (χ0n) is 14.2. The Hall–Kier alpha value is -1.25. The molecule has 6 nitrogen and oxygen atoms in total. The molecule has 1 aliphatic heterocycles. The molecule has 0 amide bonds. The van der Waals surface area contributed by atoms with Crippen molar-refractivity contribution in [3.05, 3.63) is 35.9 Å². The van der Waals surface area contributed by atoms with Crippen LogP contribution in [0.25, 0.3) is 0 Å². The van der Waals surface area contributed by atoms with E-state index in [2.05, 4.69) is 15.6 Å². The van der Waals surface area contributed by atoms with Gasteiger partial charge in [-0.25, -0.2) is 12.7 Å². The van der Waals surface area contributed by atoms with Crippen molar-refractivity contribution in [3.63, 3.8) is 0 Å². The van der Waals surface area contributed by atoms with E-state index >= 15 is 0 Å². The highest BCUT2D eigenvalue weighted by Gasteiger charge is 2.23. The van der Waals surface area contributed by atoms with Crippen molar-refractivity contribution in [2.24, 2.45) is 4.99 Å². The first-order valence-electron chi connectivity index (χ1n) is 8.10. The number of benzene rings is 1. The fourth-order valence-corrected chi connectivity index (χ4v) is 4.97. The van der Waals surface area contributed by atoms with Gasteiger partial charge >= 0.3 is 0 Å². The lowest BCUT2D eigenvalue weighted by molar-refractivity contribution is 0.443. The van der Waals surface area contributed by atoms with Crippen molar-refractivity contribution < 1.29 is 8.42 Å². The molecule has 0 bridgehead atoms. The fraction of sp³-hybridized carbons (Fsp3) is 0.562. The monoisotopic (exact) mass is 370 g/mol. The fourth-order valence-electron chi connectivity index (χ4n) is 2.48. The van der Waals surface area contributed by atoms with Gasteiger partial charge in [0, 0.05) is 38.2 Å². The molecule has 2 N–H and O–H groups in total. The van der Waals surface area contributed by atoms with Crippen LogP contribution in [0.2, 0.25) is 0 Å². The molecule has 1 heterocycles. The van der Waals surface area contributed by atoms with Gasteiger partial charge < -0.3 is 10.6 Å². The number of nitrogens with one attached hydrogen (secondary N) is 2. The molecule has 2 rings (SSSR count). The van der Waals surface area contributed by atoms with Gasteiger partial charge in [-0.2, -0.15) is 11.8 Å². The molecule has 1 unspecified atom stereocenters. The van der Waals surface area contributed by atoms with Crippen LogP contribution in [0.15, 0.2) is 35.3 Å². The minimum atomic E-state index is -3.19. The first-order valence-corrected chi connectivity index (χ1v) is 10.9. The summed E-state index contributed by atoms with van der Waals surface area (Å²) in [5.41, 5.74) is 1.15. The summed E-state index contributed by atoms with van der Waals surface area (Å²) in [6.45, 7) is 3.62. The van der Waals surface area contributed by atoms with Crippen molar-refractivity contribution >= 4 is 27.7 Å². The molecular weight excluding hydrogens is 344 g/mol. The smallest absolute Gasteiger partial charge is 0.215 e. The largest absolute Gasteiger partial charge is 0.355 e. The number of nitrogens with zero attached hydrogens (tertiary/aromatic N) is 2. The highest BCUT2D eigenvalue weighted by atomic mass is 32.2. The Morgan fingerprint density at radius 3 is 2.58 bits per heavy atom. The Labute approximate surface area is 149 Å². The van der Waals surface area contributed by atoms with Crippen molar-refractivity contribution in [3.8, 4) is 0 Å². The normalized spacial score (nSPS) is 18.2. The van der Waals surface area contributed by atoms with Crippen LogP contribution >= 0.6 is 11.8 Å². The van der Waals surface area contributed by atoms with E-state index in [0.29, 0.717) is 25.6 Å². The SMILES string of the molecule is CN=C(NCCS(=O)(=O)N1CCSCC1)NC(C)c1ccccc1. The molecule has 0 spiro atoms. The molecule has 134 valence electrons. The first-order chi connectivity index (χ1) is 11.5. The second kappa shape index (κ2) is 9.29. The van der Waals surface area contributed by atoms with E-state index in [1.54, 1.807) is 23.1 Å². The minimum absolute atomic E-state index is 0.0814. The lowest BCUT2D eigenvalue weighted by Gasteiger charge is -2.26. The molecule has 0 radical (unpaired) electrons. The molecule has 0 saturated carbocycles. The number of rotatable bonds is 6. The van der Waals surface area contributed by atoms with Gasteiger partial charge in [0.1, 0.15) is 0 Å². The van der Waals surface area contributed by atoms with E-state index in [1.165, 1.54) is 0 Å². The summed E-state index contributed by atoms with van der Waals surface area (Å²) in [7, 11) is -1.51. The average Bonchev–Trinajstić information content (AvgIpc) is 2.62. The zero-order valence-corrected chi connectivity index (χ0v) is 15.9. The minimum Gasteiger partial charge on any atom is -0.355 e. The van der Waals surface area contributed by atoms with Crippen LogP contribution in [-0.2, 0) is 10.0 Å². The lowest BCUT2D eigenvalue weighted by atomic mass is 10.1. The van der Waals surface area contributed by atoms with Gasteiger partial charge in [-0.15, -0.1) is 0 Å². The molecule has 0 aliphatic carbocycles. The number of sulfonamides is 1. The van der Waals surface area contributed by atoms with Crippen LogP contribution < -0.4 is 10.6 Å². The van der Waals surface area contributed by atoms with Gasteiger partial charge in [0.2, 0.25) is 10.0 Å². The molecule has 1 saturated heterocycles. The van der Waals surface area contributed by atoms with Crippen LogP contribution in [0.1, 0.15) is 18.5 Å².